The number of hydrogen-bond donors (Lipinski definition) is 1. The largest absolute Gasteiger partial charge is 0.369 e. The molecule has 3 nitrogen and oxygen atoms in total. The quantitative estimate of drug-likeness (QED) is 0.330. The molecule has 1 fully saturated rings. The van der Waals surface area contributed by atoms with E-state index in [-0.39, 0.29) is 6.10 Å². The van der Waals surface area contributed by atoms with Gasteiger partial charge in [0.15, 0.2) is 0 Å². The van der Waals surface area contributed by atoms with Gasteiger partial charge < -0.3 is 14.8 Å². The molecule has 7 heteroatoms. The molecule has 168 valence electrons. The van der Waals surface area contributed by atoms with Crippen molar-refractivity contribution in [3.63, 3.8) is 0 Å². The molecule has 0 radical (unpaired) electrons. The van der Waals surface area contributed by atoms with E-state index in [1.807, 2.05) is 54.6 Å². The SMILES string of the molecule is Clc1ccc([C@@]2(OCc3ccccc3Br)CCNC[C@@H]2OCc2ccc(Cl)c(Cl)c2)cc1. The van der Waals surface area contributed by atoms with Crippen LogP contribution in [-0.2, 0) is 28.3 Å². The second-order valence-corrected chi connectivity index (χ2v) is 9.88. The van der Waals surface area contributed by atoms with E-state index in [1.54, 1.807) is 6.07 Å². The van der Waals surface area contributed by atoms with Gasteiger partial charge in [-0.15, -0.1) is 0 Å². The Balaban J connectivity index is 1.62. The van der Waals surface area contributed by atoms with Crippen LogP contribution in [0.3, 0.4) is 0 Å². The van der Waals surface area contributed by atoms with Crippen molar-refractivity contribution in [1.82, 2.24) is 5.32 Å². The summed E-state index contributed by atoms with van der Waals surface area (Å²) >= 11 is 22.1. The number of piperidine rings is 1. The van der Waals surface area contributed by atoms with E-state index < -0.39 is 5.60 Å². The van der Waals surface area contributed by atoms with Gasteiger partial charge in [-0.05, 0) is 60.0 Å². The standard InChI is InChI=1S/C25H23BrCl3NO2/c26-21-4-2-1-3-18(21)16-32-25(19-6-8-20(27)9-7-19)11-12-30-14-24(25)31-15-17-5-10-22(28)23(29)13-17/h1-10,13,24,30H,11-12,14-16H2/t24-,25-/m0/s1. The van der Waals surface area contributed by atoms with Crippen LogP contribution in [0.2, 0.25) is 15.1 Å². The first-order valence-corrected chi connectivity index (χ1v) is 12.3. The lowest BCUT2D eigenvalue weighted by atomic mass is 9.82. The molecule has 1 heterocycles. The predicted molar refractivity (Wildman–Crippen MR) is 135 cm³/mol. The van der Waals surface area contributed by atoms with E-state index >= 15 is 0 Å². The van der Waals surface area contributed by atoms with Crippen LogP contribution in [0.5, 0.6) is 0 Å². The smallest absolute Gasteiger partial charge is 0.122 e. The van der Waals surface area contributed by atoms with Crippen LogP contribution in [0.25, 0.3) is 0 Å². The van der Waals surface area contributed by atoms with E-state index in [1.165, 1.54) is 0 Å². The summed E-state index contributed by atoms with van der Waals surface area (Å²) in [6, 6.07) is 21.5. The number of rotatable bonds is 7. The zero-order valence-electron chi connectivity index (χ0n) is 17.3. The topological polar surface area (TPSA) is 30.5 Å². The first-order valence-electron chi connectivity index (χ1n) is 10.4. The second-order valence-electron chi connectivity index (χ2n) is 7.78. The lowest BCUT2D eigenvalue weighted by molar-refractivity contribution is -0.176. The summed E-state index contributed by atoms with van der Waals surface area (Å²) in [6.07, 6.45) is 0.555. The minimum atomic E-state index is -0.624. The maximum Gasteiger partial charge on any atom is 0.122 e. The number of ether oxygens (including phenoxy) is 2. The van der Waals surface area contributed by atoms with Crippen molar-refractivity contribution >= 4 is 50.7 Å². The van der Waals surface area contributed by atoms with E-state index in [4.69, 9.17) is 44.3 Å². The van der Waals surface area contributed by atoms with E-state index in [2.05, 4.69) is 27.3 Å². The summed E-state index contributed by atoms with van der Waals surface area (Å²) in [5.41, 5.74) is 2.47. The molecule has 0 amide bonds. The minimum Gasteiger partial charge on any atom is -0.369 e. The molecule has 1 N–H and O–H groups in total. The van der Waals surface area contributed by atoms with Gasteiger partial charge in [0.05, 0.1) is 23.3 Å². The third-order valence-corrected chi connectivity index (χ3v) is 7.50. The van der Waals surface area contributed by atoms with Crippen molar-refractivity contribution in [2.45, 2.75) is 31.3 Å². The average Bonchev–Trinajstić information content (AvgIpc) is 2.80. The summed E-state index contributed by atoms with van der Waals surface area (Å²) in [7, 11) is 0. The Morgan fingerprint density at radius 1 is 0.938 bits per heavy atom. The number of halogens is 4. The summed E-state index contributed by atoms with van der Waals surface area (Å²) in [5.74, 6) is 0. The van der Waals surface area contributed by atoms with Crippen molar-refractivity contribution in [3.05, 3.63) is 103 Å². The van der Waals surface area contributed by atoms with Crippen molar-refractivity contribution < 1.29 is 9.47 Å². The van der Waals surface area contributed by atoms with E-state index in [0.717, 1.165) is 34.1 Å². The average molecular weight is 556 g/mol. The maximum atomic E-state index is 6.72. The van der Waals surface area contributed by atoms with Gasteiger partial charge >= 0.3 is 0 Å². The van der Waals surface area contributed by atoms with Crippen molar-refractivity contribution in [1.29, 1.82) is 0 Å². The van der Waals surface area contributed by atoms with Gasteiger partial charge in [-0.2, -0.15) is 0 Å². The fourth-order valence-corrected chi connectivity index (χ4v) is 4.83. The molecule has 4 rings (SSSR count). The van der Waals surface area contributed by atoms with E-state index in [9.17, 15) is 0 Å². The normalized spacial score (nSPS) is 20.9. The number of nitrogens with one attached hydrogen (secondary N) is 1. The van der Waals surface area contributed by atoms with Crippen LogP contribution in [0, 0.1) is 0 Å². The van der Waals surface area contributed by atoms with Crippen LogP contribution in [-0.4, -0.2) is 19.2 Å². The second kappa shape index (κ2) is 10.9. The van der Waals surface area contributed by atoms with Gasteiger partial charge in [0, 0.05) is 16.0 Å². The molecule has 0 saturated carbocycles. The Hall–Kier alpha value is -1.11. The van der Waals surface area contributed by atoms with Crippen LogP contribution < -0.4 is 5.32 Å². The first kappa shape index (κ1) is 24.0. The molecule has 32 heavy (non-hydrogen) atoms. The fraction of sp³-hybridized carbons (Fsp3) is 0.280. The molecule has 0 spiro atoms. The fourth-order valence-electron chi connectivity index (χ4n) is 3.99. The summed E-state index contributed by atoms with van der Waals surface area (Å²) in [5, 5.41) is 5.19. The molecule has 3 aromatic rings. The minimum absolute atomic E-state index is 0.214. The van der Waals surface area contributed by atoms with Gasteiger partial charge in [-0.1, -0.05) is 87.1 Å². The summed E-state index contributed by atoms with van der Waals surface area (Å²) in [6.45, 7) is 2.35. The van der Waals surface area contributed by atoms with Crippen LogP contribution in [0.1, 0.15) is 23.1 Å². The summed E-state index contributed by atoms with van der Waals surface area (Å²) < 4.78 is 14.2. The highest BCUT2D eigenvalue weighted by atomic mass is 79.9. The first-order chi connectivity index (χ1) is 15.5. The third kappa shape index (κ3) is 5.51. The van der Waals surface area contributed by atoms with Gasteiger partial charge in [-0.3, -0.25) is 0 Å². The Morgan fingerprint density at radius 2 is 1.72 bits per heavy atom. The lowest BCUT2D eigenvalue weighted by Crippen LogP contribution is -2.54. The van der Waals surface area contributed by atoms with Crippen molar-refractivity contribution in [3.8, 4) is 0 Å². The van der Waals surface area contributed by atoms with Gasteiger partial charge in [-0.25, -0.2) is 0 Å². The maximum absolute atomic E-state index is 6.72. The van der Waals surface area contributed by atoms with E-state index in [0.29, 0.717) is 34.8 Å². The lowest BCUT2D eigenvalue weighted by Gasteiger charge is -2.44. The molecule has 3 aromatic carbocycles. The predicted octanol–water partition coefficient (Wildman–Crippen LogP) is 7.40. The molecule has 0 aromatic heterocycles. The zero-order valence-corrected chi connectivity index (χ0v) is 21.1. The molecule has 1 aliphatic heterocycles. The monoisotopic (exact) mass is 553 g/mol. The molecule has 2 atom stereocenters. The Morgan fingerprint density at radius 3 is 2.47 bits per heavy atom. The van der Waals surface area contributed by atoms with Crippen molar-refractivity contribution in [2.75, 3.05) is 13.1 Å². The van der Waals surface area contributed by atoms with Crippen LogP contribution in [0.4, 0.5) is 0 Å². The Labute approximate surface area is 212 Å². The number of benzene rings is 3. The molecule has 0 aliphatic carbocycles. The molecule has 0 unspecified atom stereocenters. The molecule has 1 saturated heterocycles. The third-order valence-electron chi connectivity index (χ3n) is 5.73. The molecular weight excluding hydrogens is 533 g/mol. The molecule has 0 bridgehead atoms. The Bertz CT molecular complexity index is 1060. The highest BCUT2D eigenvalue weighted by molar-refractivity contribution is 9.10. The van der Waals surface area contributed by atoms with Gasteiger partial charge in [0.25, 0.3) is 0 Å². The van der Waals surface area contributed by atoms with Crippen molar-refractivity contribution in [2.24, 2.45) is 0 Å². The van der Waals surface area contributed by atoms with Crippen LogP contribution in [0.15, 0.2) is 71.2 Å². The molecule has 1 aliphatic rings. The highest BCUT2D eigenvalue weighted by Crippen LogP contribution is 2.39. The zero-order chi connectivity index (χ0) is 22.6. The molecular formula is C25H23BrCl3NO2. The highest BCUT2D eigenvalue weighted by Gasteiger charge is 2.44. The number of hydrogen-bond acceptors (Lipinski definition) is 3. The van der Waals surface area contributed by atoms with Gasteiger partial charge in [0.1, 0.15) is 11.7 Å². The van der Waals surface area contributed by atoms with Crippen LogP contribution >= 0.6 is 50.7 Å². The summed E-state index contributed by atoms with van der Waals surface area (Å²) in [4.78, 5) is 0. The van der Waals surface area contributed by atoms with Gasteiger partial charge in [0.2, 0.25) is 0 Å². The Kier molecular flexibility index (Phi) is 8.17.